The van der Waals surface area contributed by atoms with E-state index in [1.54, 1.807) is 0 Å². The van der Waals surface area contributed by atoms with E-state index in [1.165, 1.54) is 0 Å². The van der Waals surface area contributed by atoms with Gasteiger partial charge in [0, 0.05) is 30.8 Å². The zero-order valence-corrected chi connectivity index (χ0v) is 14.1. The number of hydrogen-bond acceptors (Lipinski definition) is 4. The lowest BCUT2D eigenvalue weighted by Gasteiger charge is -2.19. The molecule has 0 amide bonds. The third-order valence-electron chi connectivity index (χ3n) is 4.11. The summed E-state index contributed by atoms with van der Waals surface area (Å²) in [6, 6.07) is 8.16. The third-order valence-corrected chi connectivity index (χ3v) is 4.11. The van der Waals surface area contributed by atoms with Gasteiger partial charge in [-0.1, -0.05) is 12.1 Å². The van der Waals surface area contributed by atoms with Crippen molar-refractivity contribution in [1.29, 1.82) is 0 Å². The zero-order chi connectivity index (χ0) is 17.5. The number of aryl methyl sites for hydroxylation is 1. The number of rotatable bonds is 4. The van der Waals surface area contributed by atoms with Crippen molar-refractivity contribution < 1.29 is 14.6 Å². The molecule has 0 spiro atoms. The lowest BCUT2D eigenvalue weighted by atomic mass is 10.1. The van der Waals surface area contributed by atoms with Gasteiger partial charge < -0.3 is 19.7 Å². The average molecular weight is 332 g/mol. The Labute approximate surface area is 141 Å². The molecule has 0 aliphatic carbocycles. The molecular formula is C18H24N2O4. The quantitative estimate of drug-likeness (QED) is 0.837. The van der Waals surface area contributed by atoms with E-state index in [9.17, 15) is 4.79 Å². The number of benzene rings is 1. The van der Waals surface area contributed by atoms with E-state index >= 15 is 0 Å². The SMILES string of the molecule is Cc1ccc2cc(CN(C)CC3CCOC3)c(=O)[nH]c2c1.O=CO. The van der Waals surface area contributed by atoms with E-state index in [4.69, 9.17) is 14.6 Å². The molecule has 0 saturated carbocycles. The van der Waals surface area contributed by atoms with Gasteiger partial charge in [0.25, 0.3) is 12.0 Å². The zero-order valence-electron chi connectivity index (χ0n) is 14.1. The molecule has 1 aliphatic rings. The second kappa shape index (κ2) is 8.61. The van der Waals surface area contributed by atoms with E-state index in [0.29, 0.717) is 12.5 Å². The van der Waals surface area contributed by atoms with Crippen LogP contribution in [0.5, 0.6) is 0 Å². The van der Waals surface area contributed by atoms with Crippen molar-refractivity contribution in [1.82, 2.24) is 9.88 Å². The lowest BCUT2D eigenvalue weighted by molar-refractivity contribution is -0.122. The molecule has 2 heterocycles. The van der Waals surface area contributed by atoms with Crippen LogP contribution in [0.1, 0.15) is 17.5 Å². The first-order chi connectivity index (χ1) is 11.5. The summed E-state index contributed by atoms with van der Waals surface area (Å²) in [5, 5.41) is 7.98. The molecule has 0 radical (unpaired) electrons. The topological polar surface area (TPSA) is 82.6 Å². The van der Waals surface area contributed by atoms with Crippen LogP contribution in [0, 0.1) is 12.8 Å². The van der Waals surface area contributed by atoms with Crippen molar-refractivity contribution in [3.05, 3.63) is 45.7 Å². The second-order valence-electron chi connectivity index (χ2n) is 6.25. The minimum absolute atomic E-state index is 0.0163. The van der Waals surface area contributed by atoms with Gasteiger partial charge in [-0.25, -0.2) is 0 Å². The van der Waals surface area contributed by atoms with Gasteiger partial charge in [0.2, 0.25) is 0 Å². The molecule has 1 atom stereocenters. The highest BCUT2D eigenvalue weighted by Gasteiger charge is 2.18. The maximum atomic E-state index is 12.2. The Kier molecular flexibility index (Phi) is 6.52. The summed E-state index contributed by atoms with van der Waals surface area (Å²) in [5.41, 5.74) is 2.91. The highest BCUT2D eigenvalue weighted by atomic mass is 16.5. The maximum absolute atomic E-state index is 12.2. The Hall–Kier alpha value is -2.18. The molecule has 0 bridgehead atoms. The molecule has 6 heteroatoms. The molecule has 1 saturated heterocycles. The van der Waals surface area contributed by atoms with E-state index < -0.39 is 0 Å². The summed E-state index contributed by atoms with van der Waals surface area (Å²) in [5.74, 6) is 0.595. The summed E-state index contributed by atoms with van der Waals surface area (Å²) in [6.45, 7) is 5.15. The molecule has 24 heavy (non-hydrogen) atoms. The number of aromatic amines is 1. The summed E-state index contributed by atoms with van der Waals surface area (Å²) < 4.78 is 5.41. The minimum Gasteiger partial charge on any atom is -0.483 e. The van der Waals surface area contributed by atoms with Crippen LogP contribution in [0.25, 0.3) is 10.9 Å². The molecule has 2 N–H and O–H groups in total. The normalized spacial score (nSPS) is 16.9. The van der Waals surface area contributed by atoms with Gasteiger partial charge in [0.05, 0.1) is 6.61 Å². The molecular weight excluding hydrogens is 308 g/mol. The summed E-state index contributed by atoms with van der Waals surface area (Å²) >= 11 is 0. The first-order valence-corrected chi connectivity index (χ1v) is 8.00. The first kappa shape index (κ1) is 18.2. The standard InChI is InChI=1S/C17H22N2O2.CH2O2/c1-12-3-4-14-8-15(17(20)18-16(14)7-12)10-19(2)9-13-5-6-21-11-13;2-1-3/h3-4,7-8,13H,5-6,9-11H2,1-2H3,(H,18,20);1H,(H,2,3). The van der Waals surface area contributed by atoms with Crippen LogP contribution in [0.2, 0.25) is 0 Å². The number of carboxylic acid groups (broad SMARTS) is 1. The van der Waals surface area contributed by atoms with Gasteiger partial charge in [-0.2, -0.15) is 0 Å². The number of nitrogens with zero attached hydrogens (tertiary/aromatic N) is 1. The Morgan fingerprint density at radius 1 is 1.42 bits per heavy atom. The van der Waals surface area contributed by atoms with Crippen LogP contribution < -0.4 is 5.56 Å². The van der Waals surface area contributed by atoms with Crippen LogP contribution in [-0.2, 0) is 16.1 Å². The van der Waals surface area contributed by atoms with Crippen LogP contribution in [0.4, 0.5) is 0 Å². The lowest BCUT2D eigenvalue weighted by Crippen LogP contribution is -2.28. The molecule has 1 aromatic carbocycles. The van der Waals surface area contributed by atoms with Gasteiger partial charge in [-0.05, 0) is 49.4 Å². The second-order valence-corrected chi connectivity index (χ2v) is 6.25. The number of aromatic nitrogens is 1. The average Bonchev–Trinajstić information content (AvgIpc) is 3.02. The number of pyridine rings is 1. The number of fused-ring (bicyclic) bond motifs is 1. The van der Waals surface area contributed by atoms with Gasteiger partial charge in [0.1, 0.15) is 0 Å². The van der Waals surface area contributed by atoms with Crippen molar-refractivity contribution in [3.63, 3.8) is 0 Å². The van der Waals surface area contributed by atoms with Crippen molar-refractivity contribution >= 4 is 17.4 Å². The van der Waals surface area contributed by atoms with Crippen LogP contribution >= 0.6 is 0 Å². The Morgan fingerprint density at radius 3 is 2.83 bits per heavy atom. The molecule has 1 aromatic heterocycles. The molecule has 1 fully saturated rings. The largest absolute Gasteiger partial charge is 0.483 e. The Bertz CT molecular complexity index is 735. The maximum Gasteiger partial charge on any atom is 0.290 e. The molecule has 2 aromatic rings. The van der Waals surface area contributed by atoms with Gasteiger partial charge in [0.15, 0.2) is 0 Å². The van der Waals surface area contributed by atoms with Gasteiger partial charge >= 0.3 is 0 Å². The smallest absolute Gasteiger partial charge is 0.290 e. The molecule has 130 valence electrons. The highest BCUT2D eigenvalue weighted by Crippen LogP contribution is 2.16. The number of nitrogens with one attached hydrogen (secondary N) is 1. The first-order valence-electron chi connectivity index (χ1n) is 8.00. The van der Waals surface area contributed by atoms with Crippen molar-refractivity contribution in [2.45, 2.75) is 19.9 Å². The van der Waals surface area contributed by atoms with Gasteiger partial charge in [-0.15, -0.1) is 0 Å². The van der Waals surface area contributed by atoms with Crippen molar-refractivity contribution in [2.24, 2.45) is 5.92 Å². The molecule has 3 rings (SSSR count). The van der Waals surface area contributed by atoms with E-state index in [1.807, 2.05) is 19.1 Å². The number of ether oxygens (including phenoxy) is 1. The number of H-pyrrole nitrogens is 1. The minimum atomic E-state index is -0.250. The number of hydrogen-bond donors (Lipinski definition) is 2. The Balaban J connectivity index is 0.000000647. The van der Waals surface area contributed by atoms with Crippen LogP contribution in [-0.4, -0.2) is 48.3 Å². The Morgan fingerprint density at radius 2 is 2.17 bits per heavy atom. The molecule has 6 nitrogen and oxygen atoms in total. The number of carbonyl (C=O) groups is 1. The summed E-state index contributed by atoms with van der Waals surface area (Å²) in [6.07, 6.45) is 1.12. The fourth-order valence-corrected chi connectivity index (χ4v) is 3.00. The molecule has 1 aliphatic heterocycles. The predicted octanol–water partition coefficient (Wildman–Crippen LogP) is 2.01. The van der Waals surface area contributed by atoms with E-state index in [0.717, 1.165) is 48.2 Å². The van der Waals surface area contributed by atoms with E-state index in [-0.39, 0.29) is 12.0 Å². The monoisotopic (exact) mass is 332 g/mol. The van der Waals surface area contributed by atoms with Crippen LogP contribution in [0.3, 0.4) is 0 Å². The fourth-order valence-electron chi connectivity index (χ4n) is 3.00. The fraction of sp³-hybridized carbons (Fsp3) is 0.444. The van der Waals surface area contributed by atoms with E-state index in [2.05, 4.69) is 29.1 Å². The predicted molar refractivity (Wildman–Crippen MR) is 93.3 cm³/mol. The van der Waals surface area contributed by atoms with Crippen molar-refractivity contribution in [2.75, 3.05) is 26.8 Å². The third kappa shape index (κ3) is 4.91. The summed E-state index contributed by atoms with van der Waals surface area (Å²) in [7, 11) is 2.07. The summed E-state index contributed by atoms with van der Waals surface area (Å²) in [4.78, 5) is 25.8. The highest BCUT2D eigenvalue weighted by molar-refractivity contribution is 5.79. The van der Waals surface area contributed by atoms with Crippen LogP contribution in [0.15, 0.2) is 29.1 Å². The van der Waals surface area contributed by atoms with Gasteiger partial charge in [-0.3, -0.25) is 9.59 Å². The van der Waals surface area contributed by atoms with Crippen molar-refractivity contribution in [3.8, 4) is 0 Å². The molecule has 1 unspecified atom stereocenters.